The highest BCUT2D eigenvalue weighted by molar-refractivity contribution is 7.81. The first-order chi connectivity index (χ1) is 6.77. The molecule has 0 aromatic heterocycles. The Kier molecular flexibility index (Phi) is 3.81. The quantitative estimate of drug-likeness (QED) is 0.616. The normalized spacial score (nSPS) is 41.1. The van der Waals surface area contributed by atoms with Crippen LogP contribution in [0.5, 0.6) is 0 Å². The molecule has 0 nitrogen and oxygen atoms in total. The Hall–Kier alpha value is 0.350. The highest BCUT2D eigenvalue weighted by Gasteiger charge is 2.30. The van der Waals surface area contributed by atoms with Crippen molar-refractivity contribution >= 4 is 12.6 Å². The molecule has 0 N–H and O–H groups in total. The van der Waals surface area contributed by atoms with Crippen molar-refractivity contribution in [3.05, 3.63) is 0 Å². The van der Waals surface area contributed by atoms with Crippen LogP contribution in [0.15, 0.2) is 0 Å². The Morgan fingerprint density at radius 3 is 2.21 bits per heavy atom. The second-order valence-electron chi connectivity index (χ2n) is 5.52. The monoisotopic (exact) mass is 212 g/mol. The van der Waals surface area contributed by atoms with E-state index < -0.39 is 0 Å². The van der Waals surface area contributed by atoms with Crippen molar-refractivity contribution < 1.29 is 0 Å². The van der Waals surface area contributed by atoms with Crippen molar-refractivity contribution in [1.82, 2.24) is 0 Å². The average Bonchev–Trinajstić information content (AvgIpc) is 2.23. The lowest BCUT2D eigenvalue weighted by molar-refractivity contribution is 0.178. The van der Waals surface area contributed by atoms with Crippen molar-refractivity contribution in [2.75, 3.05) is 0 Å². The van der Waals surface area contributed by atoms with Gasteiger partial charge in [-0.15, -0.1) is 0 Å². The van der Waals surface area contributed by atoms with Gasteiger partial charge in [0.1, 0.15) is 0 Å². The van der Waals surface area contributed by atoms with E-state index in [9.17, 15) is 0 Å². The summed E-state index contributed by atoms with van der Waals surface area (Å²) in [6.07, 6.45) is 11.8. The van der Waals surface area contributed by atoms with Gasteiger partial charge in [0.25, 0.3) is 0 Å². The summed E-state index contributed by atoms with van der Waals surface area (Å²) in [6, 6.07) is 0. The van der Waals surface area contributed by atoms with E-state index >= 15 is 0 Å². The fourth-order valence-corrected chi connectivity index (χ4v) is 3.78. The topological polar surface area (TPSA) is 0 Å². The van der Waals surface area contributed by atoms with E-state index in [0.29, 0.717) is 5.25 Å². The Bertz CT molecular complexity index is 172. The first kappa shape index (κ1) is 10.9. The smallest absolute Gasteiger partial charge is 0.00451 e. The molecule has 2 saturated carbocycles. The van der Waals surface area contributed by atoms with Gasteiger partial charge >= 0.3 is 0 Å². The lowest BCUT2D eigenvalue weighted by Crippen LogP contribution is -2.29. The SMILES string of the molecule is CC1CCC(C2CCCCC2)CC1S. The van der Waals surface area contributed by atoms with E-state index in [-0.39, 0.29) is 0 Å². The molecule has 1 heteroatoms. The predicted molar refractivity (Wildman–Crippen MR) is 65.9 cm³/mol. The van der Waals surface area contributed by atoms with Gasteiger partial charge in [-0.05, 0) is 37.0 Å². The van der Waals surface area contributed by atoms with E-state index in [0.717, 1.165) is 17.8 Å². The fraction of sp³-hybridized carbons (Fsp3) is 1.00. The highest BCUT2D eigenvalue weighted by atomic mass is 32.1. The van der Waals surface area contributed by atoms with Crippen LogP contribution in [0.1, 0.15) is 58.3 Å². The second kappa shape index (κ2) is 4.92. The molecule has 0 aromatic carbocycles. The summed E-state index contributed by atoms with van der Waals surface area (Å²) >= 11 is 4.74. The molecule has 0 bridgehead atoms. The standard InChI is InChI=1S/C13H24S/c1-10-7-8-12(9-13(10)14)11-5-3-2-4-6-11/h10-14H,2-9H2,1H3. The third-order valence-electron chi connectivity index (χ3n) is 4.51. The van der Waals surface area contributed by atoms with Gasteiger partial charge in [-0.1, -0.05) is 39.0 Å². The second-order valence-corrected chi connectivity index (χ2v) is 6.18. The average molecular weight is 212 g/mol. The van der Waals surface area contributed by atoms with Gasteiger partial charge in [0.2, 0.25) is 0 Å². The molecular formula is C13H24S. The van der Waals surface area contributed by atoms with Crippen LogP contribution in [0.3, 0.4) is 0 Å². The number of hydrogen-bond acceptors (Lipinski definition) is 1. The van der Waals surface area contributed by atoms with Crippen LogP contribution in [0.25, 0.3) is 0 Å². The van der Waals surface area contributed by atoms with E-state index in [1.54, 1.807) is 0 Å². The van der Waals surface area contributed by atoms with Crippen LogP contribution in [-0.4, -0.2) is 5.25 Å². The minimum absolute atomic E-state index is 0.690. The third-order valence-corrected chi connectivity index (χ3v) is 5.23. The number of hydrogen-bond donors (Lipinski definition) is 1. The van der Waals surface area contributed by atoms with Crippen molar-refractivity contribution in [1.29, 1.82) is 0 Å². The molecule has 14 heavy (non-hydrogen) atoms. The molecule has 0 radical (unpaired) electrons. The van der Waals surface area contributed by atoms with Crippen molar-refractivity contribution in [2.45, 2.75) is 63.5 Å². The maximum atomic E-state index is 4.74. The zero-order chi connectivity index (χ0) is 9.97. The highest BCUT2D eigenvalue weighted by Crippen LogP contribution is 2.41. The number of rotatable bonds is 1. The summed E-state index contributed by atoms with van der Waals surface area (Å²) in [5.74, 6) is 2.94. The molecule has 0 saturated heterocycles. The molecule has 0 spiro atoms. The Morgan fingerprint density at radius 1 is 0.857 bits per heavy atom. The van der Waals surface area contributed by atoms with Crippen molar-refractivity contribution in [2.24, 2.45) is 17.8 Å². The van der Waals surface area contributed by atoms with Crippen molar-refractivity contribution in [3.8, 4) is 0 Å². The maximum Gasteiger partial charge on any atom is 0.00451 e. The zero-order valence-corrected chi connectivity index (χ0v) is 10.3. The molecular weight excluding hydrogens is 188 g/mol. The first-order valence-corrected chi connectivity index (χ1v) is 6.97. The summed E-state index contributed by atoms with van der Waals surface area (Å²) < 4.78 is 0. The molecule has 0 amide bonds. The number of thiol groups is 1. The molecule has 0 heterocycles. The molecule has 0 aromatic rings. The van der Waals surface area contributed by atoms with Gasteiger partial charge in [0.05, 0.1) is 0 Å². The molecule has 0 aliphatic heterocycles. The van der Waals surface area contributed by atoms with Gasteiger partial charge in [0, 0.05) is 5.25 Å². The largest absolute Gasteiger partial charge is 0.176 e. The van der Waals surface area contributed by atoms with E-state index in [1.807, 2.05) is 0 Å². The van der Waals surface area contributed by atoms with Gasteiger partial charge < -0.3 is 0 Å². The first-order valence-electron chi connectivity index (χ1n) is 6.45. The van der Waals surface area contributed by atoms with E-state index in [2.05, 4.69) is 6.92 Å². The molecule has 2 fully saturated rings. The summed E-state index contributed by atoms with van der Waals surface area (Å²) in [4.78, 5) is 0. The fourth-order valence-electron chi connectivity index (χ4n) is 3.36. The zero-order valence-electron chi connectivity index (χ0n) is 9.41. The molecule has 82 valence electrons. The van der Waals surface area contributed by atoms with E-state index in [4.69, 9.17) is 12.6 Å². The molecule has 2 aliphatic rings. The Labute approximate surface area is 94.3 Å². The van der Waals surface area contributed by atoms with Crippen LogP contribution >= 0.6 is 12.6 Å². The van der Waals surface area contributed by atoms with Crippen LogP contribution < -0.4 is 0 Å². The summed E-state index contributed by atoms with van der Waals surface area (Å²) in [5.41, 5.74) is 0. The molecule has 2 rings (SSSR count). The van der Waals surface area contributed by atoms with Crippen LogP contribution in [0, 0.1) is 17.8 Å². The molecule has 3 unspecified atom stereocenters. The molecule has 2 aliphatic carbocycles. The van der Waals surface area contributed by atoms with Crippen LogP contribution in [-0.2, 0) is 0 Å². The van der Waals surface area contributed by atoms with Crippen LogP contribution in [0.4, 0.5) is 0 Å². The van der Waals surface area contributed by atoms with Gasteiger partial charge in [-0.3, -0.25) is 0 Å². The summed E-state index contributed by atoms with van der Waals surface area (Å²) in [7, 11) is 0. The third kappa shape index (κ3) is 2.48. The molecule has 3 atom stereocenters. The van der Waals surface area contributed by atoms with Crippen molar-refractivity contribution in [3.63, 3.8) is 0 Å². The lowest BCUT2D eigenvalue weighted by atomic mass is 9.71. The maximum absolute atomic E-state index is 4.74. The summed E-state index contributed by atoms with van der Waals surface area (Å²) in [5, 5.41) is 0.690. The van der Waals surface area contributed by atoms with Crippen LogP contribution in [0.2, 0.25) is 0 Å². The predicted octanol–water partition coefficient (Wildman–Crippen LogP) is 4.30. The van der Waals surface area contributed by atoms with Gasteiger partial charge in [-0.2, -0.15) is 12.6 Å². The lowest BCUT2D eigenvalue weighted by Gasteiger charge is -2.37. The van der Waals surface area contributed by atoms with Gasteiger partial charge in [0.15, 0.2) is 0 Å². The minimum Gasteiger partial charge on any atom is -0.176 e. The Morgan fingerprint density at radius 2 is 1.57 bits per heavy atom. The van der Waals surface area contributed by atoms with E-state index in [1.165, 1.54) is 51.4 Å². The van der Waals surface area contributed by atoms with Gasteiger partial charge in [-0.25, -0.2) is 0 Å². The minimum atomic E-state index is 0.690. The Balaban J connectivity index is 1.85. The summed E-state index contributed by atoms with van der Waals surface area (Å²) in [6.45, 7) is 2.37.